The second kappa shape index (κ2) is 6.22. The molecule has 2 aromatic carbocycles. The molecule has 3 rings (SSSR count). The molecule has 10 heteroatoms. The number of aliphatic imine (C=N–C) groups is 1. The molecule has 26 heavy (non-hydrogen) atoms. The van der Waals surface area contributed by atoms with Crippen LogP contribution in [0.5, 0.6) is 0 Å². The number of carboxylic acids is 1. The van der Waals surface area contributed by atoms with Gasteiger partial charge in [0.25, 0.3) is 0 Å². The molecule has 1 atom stereocenters. The Hall–Kier alpha value is -2.72. The first-order valence-electron chi connectivity index (χ1n) is 7.24. The molecule has 1 aliphatic heterocycles. The Kier molecular flexibility index (Phi) is 4.32. The lowest BCUT2D eigenvalue weighted by atomic mass is 9.89. The zero-order chi connectivity index (χ0) is 19.1. The zero-order valence-corrected chi connectivity index (χ0v) is 13.9. The van der Waals surface area contributed by atoms with Crippen molar-refractivity contribution in [2.24, 2.45) is 16.5 Å². The van der Waals surface area contributed by atoms with Gasteiger partial charge in [0.15, 0.2) is 11.6 Å². The van der Waals surface area contributed by atoms with Crippen molar-refractivity contribution in [3.8, 4) is 0 Å². The standard InChI is InChI=1S/C16H13F3N4O2S/c17-16(18,19)26-12-4-2-1-3-9(12)15(21)10-7-8(13(24)25)5-6-11(10)22-14(20)23-15/h1-7H,21H2,(H,24,25)(H3,20,22,23). The van der Waals surface area contributed by atoms with Gasteiger partial charge in [0.05, 0.1) is 5.56 Å². The summed E-state index contributed by atoms with van der Waals surface area (Å²) in [5.74, 6) is -1.29. The highest BCUT2D eigenvalue weighted by Gasteiger charge is 2.40. The summed E-state index contributed by atoms with van der Waals surface area (Å²) in [6, 6.07) is 9.72. The van der Waals surface area contributed by atoms with Crippen molar-refractivity contribution < 1.29 is 23.1 Å². The number of nitrogens with zero attached hydrogens (tertiary/aromatic N) is 1. The SMILES string of the molecule is NC1=NC(N)(c2ccccc2SC(F)(F)F)c2cc(C(=O)O)ccc2N1. The molecule has 1 aliphatic rings. The van der Waals surface area contributed by atoms with E-state index in [9.17, 15) is 23.1 Å². The first-order valence-corrected chi connectivity index (χ1v) is 8.06. The predicted octanol–water partition coefficient (Wildman–Crippen LogP) is 2.90. The van der Waals surface area contributed by atoms with Gasteiger partial charge in [-0.1, -0.05) is 18.2 Å². The maximum atomic E-state index is 12.9. The molecule has 0 fully saturated rings. The largest absolute Gasteiger partial charge is 0.478 e. The Morgan fingerprint density at radius 3 is 2.54 bits per heavy atom. The van der Waals surface area contributed by atoms with E-state index in [2.05, 4.69) is 10.3 Å². The quantitative estimate of drug-likeness (QED) is 0.607. The minimum Gasteiger partial charge on any atom is -0.478 e. The Bertz CT molecular complexity index is 917. The van der Waals surface area contributed by atoms with E-state index in [0.717, 1.165) is 0 Å². The van der Waals surface area contributed by atoms with Crippen LogP contribution in [0.25, 0.3) is 0 Å². The van der Waals surface area contributed by atoms with E-state index in [1.807, 2.05) is 0 Å². The third kappa shape index (κ3) is 3.33. The van der Waals surface area contributed by atoms with Crippen LogP contribution in [0.2, 0.25) is 0 Å². The van der Waals surface area contributed by atoms with E-state index in [0.29, 0.717) is 5.69 Å². The number of nitrogens with one attached hydrogen (secondary N) is 1. The summed E-state index contributed by atoms with van der Waals surface area (Å²) in [6.45, 7) is 0. The molecule has 6 nitrogen and oxygen atoms in total. The van der Waals surface area contributed by atoms with Crippen molar-refractivity contribution >= 4 is 29.4 Å². The van der Waals surface area contributed by atoms with E-state index in [1.54, 1.807) is 0 Å². The molecular formula is C16H13F3N4O2S. The van der Waals surface area contributed by atoms with E-state index < -0.39 is 17.1 Å². The third-order valence-electron chi connectivity index (χ3n) is 3.76. The molecule has 0 spiro atoms. The van der Waals surface area contributed by atoms with Crippen molar-refractivity contribution in [1.29, 1.82) is 0 Å². The predicted molar refractivity (Wildman–Crippen MR) is 92.0 cm³/mol. The van der Waals surface area contributed by atoms with Crippen LogP contribution in [0.1, 0.15) is 21.5 Å². The number of rotatable bonds is 3. The van der Waals surface area contributed by atoms with Crippen molar-refractivity contribution in [2.45, 2.75) is 16.1 Å². The van der Waals surface area contributed by atoms with Gasteiger partial charge in [0.1, 0.15) is 0 Å². The number of benzene rings is 2. The maximum absolute atomic E-state index is 12.9. The van der Waals surface area contributed by atoms with Crippen LogP contribution in [0.15, 0.2) is 52.4 Å². The number of anilines is 1. The maximum Gasteiger partial charge on any atom is 0.446 e. The summed E-state index contributed by atoms with van der Waals surface area (Å²) >= 11 is -0.321. The molecule has 0 saturated heterocycles. The van der Waals surface area contributed by atoms with Gasteiger partial charge < -0.3 is 16.2 Å². The molecule has 0 saturated carbocycles. The number of aromatic carboxylic acids is 1. The molecule has 2 aromatic rings. The van der Waals surface area contributed by atoms with E-state index in [4.69, 9.17) is 11.5 Å². The van der Waals surface area contributed by atoms with Crippen LogP contribution in [0.4, 0.5) is 18.9 Å². The Labute approximate surface area is 150 Å². The number of alkyl halides is 3. The summed E-state index contributed by atoms with van der Waals surface area (Å²) in [7, 11) is 0. The minimum atomic E-state index is -4.53. The lowest BCUT2D eigenvalue weighted by molar-refractivity contribution is -0.0328. The highest BCUT2D eigenvalue weighted by Crippen LogP contribution is 2.45. The number of carbonyl (C=O) groups is 1. The average molecular weight is 382 g/mol. The molecule has 0 radical (unpaired) electrons. The molecule has 0 bridgehead atoms. The molecule has 0 aromatic heterocycles. The summed E-state index contributed by atoms with van der Waals surface area (Å²) < 4.78 is 38.8. The van der Waals surface area contributed by atoms with Gasteiger partial charge in [-0.05, 0) is 36.0 Å². The number of carboxylic acid groups (broad SMARTS) is 1. The van der Waals surface area contributed by atoms with Gasteiger partial charge in [0.2, 0.25) is 0 Å². The van der Waals surface area contributed by atoms with E-state index >= 15 is 0 Å². The monoisotopic (exact) mass is 382 g/mol. The van der Waals surface area contributed by atoms with Crippen LogP contribution in [-0.2, 0) is 5.66 Å². The number of guanidine groups is 1. The Morgan fingerprint density at radius 1 is 1.19 bits per heavy atom. The van der Waals surface area contributed by atoms with Crippen LogP contribution >= 0.6 is 11.8 Å². The molecular weight excluding hydrogens is 369 g/mol. The normalized spacial score (nSPS) is 19.3. The summed E-state index contributed by atoms with van der Waals surface area (Å²) in [5, 5.41) is 12.0. The summed E-state index contributed by atoms with van der Waals surface area (Å²) in [4.78, 5) is 15.2. The zero-order valence-electron chi connectivity index (χ0n) is 13.0. The van der Waals surface area contributed by atoms with Gasteiger partial charge in [0, 0.05) is 21.7 Å². The smallest absolute Gasteiger partial charge is 0.446 e. The molecule has 1 heterocycles. The number of thioether (sulfide) groups is 1. The van der Waals surface area contributed by atoms with Crippen LogP contribution in [-0.4, -0.2) is 22.5 Å². The first-order chi connectivity index (χ1) is 12.1. The number of halogens is 3. The van der Waals surface area contributed by atoms with E-state index in [-0.39, 0.29) is 39.3 Å². The van der Waals surface area contributed by atoms with E-state index in [1.165, 1.54) is 42.5 Å². The Balaban J connectivity index is 2.23. The van der Waals surface area contributed by atoms with Crippen molar-refractivity contribution in [3.05, 3.63) is 59.2 Å². The molecule has 1 unspecified atom stereocenters. The van der Waals surface area contributed by atoms with Crippen LogP contribution < -0.4 is 16.8 Å². The lowest BCUT2D eigenvalue weighted by Crippen LogP contribution is -2.44. The minimum absolute atomic E-state index is 0.0653. The van der Waals surface area contributed by atoms with Crippen molar-refractivity contribution in [2.75, 3.05) is 5.32 Å². The third-order valence-corrected chi connectivity index (χ3v) is 4.57. The fourth-order valence-electron chi connectivity index (χ4n) is 2.72. The highest BCUT2D eigenvalue weighted by molar-refractivity contribution is 8.00. The second-order valence-corrected chi connectivity index (χ2v) is 6.60. The average Bonchev–Trinajstić information content (AvgIpc) is 2.53. The molecule has 0 amide bonds. The number of hydrogen-bond acceptors (Lipinski definition) is 6. The summed E-state index contributed by atoms with van der Waals surface area (Å²) in [5.41, 5.74) is 6.42. The second-order valence-electron chi connectivity index (χ2n) is 5.50. The fourth-order valence-corrected chi connectivity index (χ4v) is 3.45. The van der Waals surface area contributed by atoms with Gasteiger partial charge in [-0.15, -0.1) is 0 Å². The van der Waals surface area contributed by atoms with Crippen molar-refractivity contribution in [1.82, 2.24) is 0 Å². The molecule has 0 aliphatic carbocycles. The topological polar surface area (TPSA) is 114 Å². The fraction of sp³-hybridized carbons (Fsp3) is 0.125. The number of nitrogens with two attached hydrogens (primary N) is 2. The van der Waals surface area contributed by atoms with Gasteiger partial charge in [-0.3, -0.25) is 5.73 Å². The molecule has 6 N–H and O–H groups in total. The van der Waals surface area contributed by atoms with Gasteiger partial charge in [-0.2, -0.15) is 13.2 Å². The number of fused-ring (bicyclic) bond motifs is 1. The highest BCUT2D eigenvalue weighted by atomic mass is 32.2. The first kappa shape index (κ1) is 18.1. The number of hydrogen-bond donors (Lipinski definition) is 4. The molecule has 136 valence electrons. The lowest BCUT2D eigenvalue weighted by Gasteiger charge is -2.34. The summed E-state index contributed by atoms with van der Waals surface area (Å²) in [6.07, 6.45) is 0. The van der Waals surface area contributed by atoms with Gasteiger partial charge >= 0.3 is 11.5 Å². The Morgan fingerprint density at radius 2 is 1.88 bits per heavy atom. The van der Waals surface area contributed by atoms with Crippen LogP contribution in [0, 0.1) is 0 Å². The van der Waals surface area contributed by atoms with Gasteiger partial charge in [-0.25, -0.2) is 9.79 Å². The van der Waals surface area contributed by atoms with Crippen LogP contribution in [0.3, 0.4) is 0 Å². The van der Waals surface area contributed by atoms with Crippen molar-refractivity contribution in [3.63, 3.8) is 0 Å².